The van der Waals surface area contributed by atoms with E-state index in [2.05, 4.69) is 0 Å². The average molecular weight is 269 g/mol. The fourth-order valence-electron chi connectivity index (χ4n) is 1.37. The maximum absolute atomic E-state index is 13.5. The van der Waals surface area contributed by atoms with Crippen LogP contribution in [0.15, 0.2) is 18.2 Å². The van der Waals surface area contributed by atoms with Crippen molar-refractivity contribution in [2.75, 3.05) is 0 Å². The molecule has 0 aliphatic carbocycles. The first-order valence-corrected chi connectivity index (χ1v) is 6.59. The number of hydrogen-bond acceptors (Lipinski definition) is 3. The van der Waals surface area contributed by atoms with Crippen molar-refractivity contribution in [1.29, 1.82) is 5.26 Å². The Balaban J connectivity index is 2.76. The number of halogens is 1. The summed E-state index contributed by atoms with van der Waals surface area (Å²) in [5.41, 5.74) is 0.421. The highest BCUT2D eigenvalue weighted by Crippen LogP contribution is 2.15. The molecular weight excluding hydrogens is 257 g/mol. The topological polar surface area (TPSA) is 78.2 Å². The Morgan fingerprint density at radius 1 is 1.61 bits per heavy atom. The number of carbonyl (C=O) groups is 1. The number of carboxylic acid groups (broad SMARTS) is 1. The molecule has 1 aromatic rings. The van der Waals surface area contributed by atoms with E-state index in [0.29, 0.717) is 0 Å². The van der Waals surface area contributed by atoms with Crippen LogP contribution in [0.4, 0.5) is 4.39 Å². The summed E-state index contributed by atoms with van der Waals surface area (Å²) >= 11 is 0. The quantitative estimate of drug-likeness (QED) is 0.884. The fraction of sp³-hybridized carbons (Fsp3) is 0.333. The summed E-state index contributed by atoms with van der Waals surface area (Å²) in [4.78, 5) is 10.5. The molecule has 1 N–H and O–H groups in total. The smallest absolute Gasteiger partial charge is 0.304 e. The summed E-state index contributed by atoms with van der Waals surface area (Å²) in [6.07, 6.45) is -0.218. The standard InChI is InChI=1S/C12H12FNO3S/c1-8(4-12(15)16)18(17)7-10-3-2-9(6-14)5-11(10)13/h2-3,5,8H,4,7H2,1H3,(H,15,16). The lowest BCUT2D eigenvalue weighted by atomic mass is 10.1. The third-order valence-corrected chi connectivity index (χ3v) is 4.05. The average Bonchev–Trinajstić information content (AvgIpc) is 2.30. The molecule has 0 radical (unpaired) electrons. The summed E-state index contributed by atoms with van der Waals surface area (Å²) in [6, 6.07) is 5.73. The van der Waals surface area contributed by atoms with Gasteiger partial charge in [-0.05, 0) is 12.1 Å². The van der Waals surface area contributed by atoms with Crippen molar-refractivity contribution in [3.63, 3.8) is 0 Å². The summed E-state index contributed by atoms with van der Waals surface area (Å²) in [5.74, 6) is -1.67. The number of carboxylic acids is 1. The molecule has 0 aliphatic rings. The SMILES string of the molecule is CC(CC(=O)O)S(=O)Cc1ccc(C#N)cc1F. The first kappa shape index (κ1) is 14.3. The lowest BCUT2D eigenvalue weighted by molar-refractivity contribution is -0.136. The molecule has 0 fully saturated rings. The van der Waals surface area contributed by atoms with Gasteiger partial charge in [0.2, 0.25) is 0 Å². The van der Waals surface area contributed by atoms with Gasteiger partial charge in [0.25, 0.3) is 0 Å². The highest BCUT2D eigenvalue weighted by Gasteiger charge is 2.17. The second kappa shape index (κ2) is 6.26. The van der Waals surface area contributed by atoms with Crippen LogP contribution in [-0.2, 0) is 21.3 Å². The molecule has 0 heterocycles. The van der Waals surface area contributed by atoms with E-state index in [0.717, 1.165) is 6.07 Å². The first-order chi connectivity index (χ1) is 8.43. The highest BCUT2D eigenvalue weighted by atomic mass is 32.2. The van der Waals surface area contributed by atoms with Crippen molar-refractivity contribution in [1.82, 2.24) is 0 Å². The lowest BCUT2D eigenvalue weighted by Gasteiger charge is -2.09. The van der Waals surface area contributed by atoms with Gasteiger partial charge in [0, 0.05) is 21.6 Å². The minimum absolute atomic E-state index is 0.0496. The van der Waals surface area contributed by atoms with E-state index < -0.39 is 27.8 Å². The van der Waals surface area contributed by atoms with Crippen LogP contribution in [0.2, 0.25) is 0 Å². The summed E-state index contributed by atoms with van der Waals surface area (Å²) in [5, 5.41) is 16.6. The molecule has 0 aliphatic heterocycles. The Labute approximate surface area is 107 Å². The second-order valence-electron chi connectivity index (χ2n) is 3.85. The van der Waals surface area contributed by atoms with Crippen molar-refractivity contribution in [2.45, 2.75) is 24.3 Å². The number of aliphatic carboxylic acids is 1. The molecule has 4 nitrogen and oxygen atoms in total. The van der Waals surface area contributed by atoms with E-state index >= 15 is 0 Å². The predicted molar refractivity (Wildman–Crippen MR) is 64.7 cm³/mol. The van der Waals surface area contributed by atoms with Crippen molar-refractivity contribution in [3.8, 4) is 6.07 Å². The van der Waals surface area contributed by atoms with Crippen molar-refractivity contribution in [3.05, 3.63) is 35.1 Å². The molecule has 18 heavy (non-hydrogen) atoms. The third-order valence-electron chi connectivity index (χ3n) is 2.39. The van der Waals surface area contributed by atoms with Crippen LogP contribution in [0.1, 0.15) is 24.5 Å². The summed E-state index contributed by atoms with van der Waals surface area (Å²) in [6.45, 7) is 1.55. The molecule has 96 valence electrons. The van der Waals surface area contributed by atoms with Gasteiger partial charge < -0.3 is 5.11 Å². The minimum Gasteiger partial charge on any atom is -0.481 e. The number of rotatable bonds is 5. The van der Waals surface area contributed by atoms with Gasteiger partial charge in [-0.1, -0.05) is 13.0 Å². The molecule has 2 atom stereocenters. The van der Waals surface area contributed by atoms with Gasteiger partial charge in [0.1, 0.15) is 5.82 Å². The molecule has 0 spiro atoms. The van der Waals surface area contributed by atoms with Crippen LogP contribution in [-0.4, -0.2) is 20.5 Å². The van der Waals surface area contributed by atoms with Gasteiger partial charge in [-0.25, -0.2) is 4.39 Å². The monoisotopic (exact) mass is 269 g/mol. The molecule has 0 amide bonds. The number of nitriles is 1. The minimum atomic E-state index is -1.46. The maximum atomic E-state index is 13.5. The lowest BCUT2D eigenvalue weighted by Crippen LogP contribution is -2.17. The highest BCUT2D eigenvalue weighted by molar-refractivity contribution is 7.84. The van der Waals surface area contributed by atoms with Crippen LogP contribution in [0, 0.1) is 17.1 Å². The normalized spacial score (nSPS) is 13.6. The largest absolute Gasteiger partial charge is 0.481 e. The zero-order valence-electron chi connectivity index (χ0n) is 9.72. The fourth-order valence-corrected chi connectivity index (χ4v) is 2.52. The molecular formula is C12H12FNO3S. The van der Waals surface area contributed by atoms with E-state index in [1.807, 2.05) is 0 Å². The first-order valence-electron chi connectivity index (χ1n) is 5.21. The zero-order chi connectivity index (χ0) is 13.7. The maximum Gasteiger partial charge on any atom is 0.304 e. The molecule has 0 aromatic heterocycles. The molecule has 6 heteroatoms. The van der Waals surface area contributed by atoms with E-state index in [1.165, 1.54) is 12.1 Å². The summed E-state index contributed by atoms with van der Waals surface area (Å²) in [7, 11) is -1.46. The van der Waals surface area contributed by atoms with Gasteiger partial charge in [0.05, 0.1) is 23.8 Å². The molecule has 2 unspecified atom stereocenters. The van der Waals surface area contributed by atoms with Gasteiger partial charge in [-0.3, -0.25) is 9.00 Å². The van der Waals surface area contributed by atoms with E-state index in [4.69, 9.17) is 10.4 Å². The Morgan fingerprint density at radius 3 is 2.78 bits per heavy atom. The second-order valence-corrected chi connectivity index (χ2v) is 5.71. The van der Waals surface area contributed by atoms with Crippen LogP contribution in [0.25, 0.3) is 0 Å². The van der Waals surface area contributed by atoms with Crippen molar-refractivity contribution < 1.29 is 18.5 Å². The molecule has 1 rings (SSSR count). The van der Waals surface area contributed by atoms with Crippen LogP contribution >= 0.6 is 0 Å². The number of nitrogens with zero attached hydrogens (tertiary/aromatic N) is 1. The number of hydrogen-bond donors (Lipinski definition) is 1. The Bertz CT molecular complexity index is 525. The van der Waals surface area contributed by atoms with Gasteiger partial charge in [-0.15, -0.1) is 0 Å². The number of benzene rings is 1. The molecule has 0 saturated carbocycles. The van der Waals surface area contributed by atoms with E-state index in [-0.39, 0.29) is 23.3 Å². The Morgan fingerprint density at radius 2 is 2.28 bits per heavy atom. The third kappa shape index (κ3) is 3.93. The van der Waals surface area contributed by atoms with Gasteiger partial charge in [-0.2, -0.15) is 5.26 Å². The Kier molecular flexibility index (Phi) is 4.98. The van der Waals surface area contributed by atoms with Gasteiger partial charge >= 0.3 is 5.97 Å². The van der Waals surface area contributed by atoms with E-state index in [9.17, 15) is 13.4 Å². The Hall–Kier alpha value is -1.74. The van der Waals surface area contributed by atoms with Crippen LogP contribution < -0.4 is 0 Å². The molecule has 0 bridgehead atoms. The van der Waals surface area contributed by atoms with Crippen molar-refractivity contribution >= 4 is 16.8 Å². The zero-order valence-corrected chi connectivity index (χ0v) is 10.5. The van der Waals surface area contributed by atoms with Crippen molar-refractivity contribution in [2.24, 2.45) is 0 Å². The summed E-state index contributed by atoms with van der Waals surface area (Å²) < 4.78 is 25.3. The van der Waals surface area contributed by atoms with Gasteiger partial charge in [0.15, 0.2) is 0 Å². The molecule has 0 saturated heterocycles. The predicted octanol–water partition coefficient (Wildman–Crippen LogP) is 1.81. The molecule has 1 aromatic carbocycles. The van der Waals surface area contributed by atoms with E-state index in [1.54, 1.807) is 13.0 Å². The van der Waals surface area contributed by atoms with Crippen LogP contribution in [0.3, 0.4) is 0 Å². The van der Waals surface area contributed by atoms with Crippen LogP contribution in [0.5, 0.6) is 0 Å².